The molecule has 0 spiro atoms. The number of para-hydroxylation sites is 1. The number of carboxylic acids is 1. The van der Waals surface area contributed by atoms with E-state index >= 15 is 0 Å². The molecule has 16 heavy (non-hydrogen) atoms. The molecule has 2 aromatic rings. The van der Waals surface area contributed by atoms with Crippen LogP contribution in [0, 0.1) is 5.82 Å². The Labute approximate surface area is 97.6 Å². The number of carboxylic acid groups (broad SMARTS) is 1. The van der Waals surface area contributed by atoms with Crippen molar-refractivity contribution in [2.75, 3.05) is 0 Å². The van der Waals surface area contributed by atoms with E-state index in [0.29, 0.717) is 0 Å². The zero-order chi connectivity index (χ0) is 11.7. The summed E-state index contributed by atoms with van der Waals surface area (Å²) in [6.45, 7) is 0. The predicted octanol–water partition coefficient (Wildman–Crippen LogP) is 1.87. The first-order chi connectivity index (χ1) is 7.59. The molecule has 1 heterocycles. The highest BCUT2D eigenvalue weighted by Crippen LogP contribution is 2.16. The standard InChI is InChI=1S/C9H5BrFN3O2/c10-8-7(9(15)16)12-14(13-8)6-4-2-1-3-5(6)11/h1-4H,(H,15,16). The van der Waals surface area contributed by atoms with Crippen LogP contribution >= 0.6 is 15.9 Å². The second-order valence-corrected chi connectivity index (χ2v) is 3.64. The third-order valence-electron chi connectivity index (χ3n) is 1.84. The van der Waals surface area contributed by atoms with Gasteiger partial charge >= 0.3 is 5.97 Å². The lowest BCUT2D eigenvalue weighted by Crippen LogP contribution is -2.03. The zero-order valence-electron chi connectivity index (χ0n) is 7.76. The molecule has 0 bridgehead atoms. The van der Waals surface area contributed by atoms with Crippen LogP contribution in [0.4, 0.5) is 4.39 Å². The first-order valence-electron chi connectivity index (χ1n) is 4.20. The quantitative estimate of drug-likeness (QED) is 0.915. The summed E-state index contributed by atoms with van der Waals surface area (Å²) in [7, 11) is 0. The molecule has 5 nitrogen and oxygen atoms in total. The summed E-state index contributed by atoms with van der Waals surface area (Å²) in [6.07, 6.45) is 0. The summed E-state index contributed by atoms with van der Waals surface area (Å²) >= 11 is 2.94. The zero-order valence-corrected chi connectivity index (χ0v) is 9.35. The lowest BCUT2D eigenvalue weighted by atomic mass is 10.3. The lowest BCUT2D eigenvalue weighted by molar-refractivity contribution is 0.0689. The Balaban J connectivity index is 2.54. The maximum absolute atomic E-state index is 13.4. The number of aromatic carboxylic acids is 1. The lowest BCUT2D eigenvalue weighted by Gasteiger charge is -1.99. The Bertz CT molecular complexity index is 555. The first-order valence-corrected chi connectivity index (χ1v) is 5.00. The van der Waals surface area contributed by atoms with E-state index in [-0.39, 0.29) is 16.0 Å². The number of rotatable bonds is 2. The van der Waals surface area contributed by atoms with Crippen LogP contribution in [0.3, 0.4) is 0 Å². The summed E-state index contributed by atoms with van der Waals surface area (Å²) in [6, 6.07) is 5.83. The first kappa shape index (κ1) is 10.7. The fourth-order valence-corrected chi connectivity index (χ4v) is 1.54. The van der Waals surface area contributed by atoms with E-state index in [4.69, 9.17) is 5.11 Å². The third-order valence-corrected chi connectivity index (χ3v) is 2.38. The molecule has 0 saturated heterocycles. The van der Waals surface area contributed by atoms with E-state index in [2.05, 4.69) is 26.1 Å². The normalized spacial score (nSPS) is 10.4. The molecule has 0 amide bonds. The van der Waals surface area contributed by atoms with Gasteiger partial charge < -0.3 is 5.11 Å². The van der Waals surface area contributed by atoms with E-state index in [0.717, 1.165) is 4.80 Å². The molecular formula is C9H5BrFN3O2. The Hall–Kier alpha value is -1.76. The SMILES string of the molecule is O=C(O)c1nn(-c2ccccc2F)nc1Br. The largest absolute Gasteiger partial charge is 0.476 e. The molecule has 0 aliphatic heterocycles. The van der Waals surface area contributed by atoms with Crippen molar-refractivity contribution in [3.63, 3.8) is 0 Å². The molecule has 0 atom stereocenters. The van der Waals surface area contributed by atoms with Crippen molar-refractivity contribution in [2.24, 2.45) is 0 Å². The van der Waals surface area contributed by atoms with Gasteiger partial charge in [-0.15, -0.1) is 15.0 Å². The molecule has 1 aromatic carbocycles. The number of carbonyl (C=O) groups is 1. The van der Waals surface area contributed by atoms with Crippen LogP contribution in [0.25, 0.3) is 5.69 Å². The topological polar surface area (TPSA) is 68.0 Å². The second kappa shape index (κ2) is 4.01. The molecule has 0 aliphatic rings. The number of benzene rings is 1. The summed E-state index contributed by atoms with van der Waals surface area (Å²) in [4.78, 5) is 11.6. The van der Waals surface area contributed by atoms with Crippen molar-refractivity contribution in [3.05, 3.63) is 40.4 Å². The van der Waals surface area contributed by atoms with Crippen LogP contribution in [0.1, 0.15) is 10.5 Å². The molecule has 1 N–H and O–H groups in total. The van der Waals surface area contributed by atoms with Gasteiger partial charge in [0.1, 0.15) is 5.69 Å². The van der Waals surface area contributed by atoms with Crippen LogP contribution in [0.5, 0.6) is 0 Å². The molecule has 1 aromatic heterocycles. The highest BCUT2D eigenvalue weighted by molar-refractivity contribution is 9.10. The van der Waals surface area contributed by atoms with Gasteiger partial charge in [-0.1, -0.05) is 12.1 Å². The maximum atomic E-state index is 13.4. The van der Waals surface area contributed by atoms with Gasteiger partial charge in [-0.25, -0.2) is 9.18 Å². The monoisotopic (exact) mass is 285 g/mol. The highest BCUT2D eigenvalue weighted by atomic mass is 79.9. The molecule has 0 unspecified atom stereocenters. The summed E-state index contributed by atoms with van der Waals surface area (Å²) < 4.78 is 13.4. The summed E-state index contributed by atoms with van der Waals surface area (Å²) in [5.41, 5.74) is -0.168. The predicted molar refractivity (Wildman–Crippen MR) is 56.0 cm³/mol. The van der Waals surface area contributed by atoms with Gasteiger partial charge in [0.2, 0.25) is 5.69 Å². The Morgan fingerprint density at radius 1 is 1.38 bits per heavy atom. The van der Waals surface area contributed by atoms with Gasteiger partial charge in [0.15, 0.2) is 10.4 Å². The number of aromatic nitrogens is 3. The minimum absolute atomic E-state index is 0.0586. The average Bonchev–Trinajstić information content (AvgIpc) is 2.61. The van der Waals surface area contributed by atoms with E-state index in [9.17, 15) is 9.18 Å². The minimum Gasteiger partial charge on any atom is -0.476 e. The van der Waals surface area contributed by atoms with E-state index in [1.165, 1.54) is 18.2 Å². The number of hydrogen-bond acceptors (Lipinski definition) is 3. The molecule has 7 heteroatoms. The van der Waals surface area contributed by atoms with Crippen LogP contribution in [0.15, 0.2) is 28.9 Å². The van der Waals surface area contributed by atoms with Crippen molar-refractivity contribution in [1.29, 1.82) is 0 Å². The highest BCUT2D eigenvalue weighted by Gasteiger charge is 2.17. The smallest absolute Gasteiger partial charge is 0.359 e. The molecule has 0 saturated carbocycles. The van der Waals surface area contributed by atoms with Gasteiger partial charge in [-0.2, -0.15) is 0 Å². The summed E-state index contributed by atoms with van der Waals surface area (Å²) in [5.74, 6) is -1.75. The van der Waals surface area contributed by atoms with Gasteiger partial charge in [0.25, 0.3) is 0 Å². The molecule has 2 rings (SSSR count). The summed E-state index contributed by atoms with van der Waals surface area (Å²) in [5, 5.41) is 16.2. The van der Waals surface area contributed by atoms with E-state index in [1.807, 2.05) is 0 Å². The number of nitrogens with zero attached hydrogens (tertiary/aromatic N) is 3. The van der Waals surface area contributed by atoms with Crippen molar-refractivity contribution in [1.82, 2.24) is 15.0 Å². The van der Waals surface area contributed by atoms with E-state index in [1.54, 1.807) is 6.07 Å². The van der Waals surface area contributed by atoms with Crippen LogP contribution in [-0.2, 0) is 0 Å². The Morgan fingerprint density at radius 3 is 2.62 bits per heavy atom. The molecular weight excluding hydrogens is 281 g/mol. The van der Waals surface area contributed by atoms with Crippen molar-refractivity contribution >= 4 is 21.9 Å². The van der Waals surface area contributed by atoms with Crippen molar-refractivity contribution < 1.29 is 14.3 Å². The van der Waals surface area contributed by atoms with Gasteiger partial charge in [-0.05, 0) is 28.1 Å². The fourth-order valence-electron chi connectivity index (χ4n) is 1.14. The number of hydrogen-bond donors (Lipinski definition) is 1. The molecule has 0 fully saturated rings. The second-order valence-electron chi connectivity index (χ2n) is 2.89. The van der Waals surface area contributed by atoms with Crippen LogP contribution in [0.2, 0.25) is 0 Å². The third kappa shape index (κ3) is 1.81. The Kier molecular flexibility index (Phi) is 2.69. The number of halogens is 2. The molecule has 0 radical (unpaired) electrons. The van der Waals surface area contributed by atoms with Crippen LogP contribution < -0.4 is 0 Å². The van der Waals surface area contributed by atoms with Crippen molar-refractivity contribution in [2.45, 2.75) is 0 Å². The fraction of sp³-hybridized carbons (Fsp3) is 0. The van der Waals surface area contributed by atoms with Crippen molar-refractivity contribution in [3.8, 4) is 5.69 Å². The minimum atomic E-state index is -1.23. The molecule has 82 valence electrons. The average molecular weight is 286 g/mol. The van der Waals surface area contributed by atoms with Gasteiger partial charge in [0.05, 0.1) is 0 Å². The van der Waals surface area contributed by atoms with Crippen LogP contribution in [-0.4, -0.2) is 26.1 Å². The van der Waals surface area contributed by atoms with Gasteiger partial charge in [0, 0.05) is 0 Å². The van der Waals surface area contributed by atoms with Gasteiger partial charge in [-0.3, -0.25) is 0 Å². The van der Waals surface area contributed by atoms with E-state index < -0.39 is 11.8 Å². The Morgan fingerprint density at radius 2 is 2.06 bits per heavy atom. The molecule has 0 aliphatic carbocycles. The maximum Gasteiger partial charge on any atom is 0.359 e.